The maximum absolute atomic E-state index is 5.82. The number of nitrogens with two attached hydrogens (primary N) is 1. The third-order valence-corrected chi connectivity index (χ3v) is 1.94. The van der Waals surface area contributed by atoms with Crippen LogP contribution in [0.3, 0.4) is 0 Å². The lowest BCUT2D eigenvalue weighted by molar-refractivity contribution is 0.760. The molecule has 0 amide bonds. The first-order chi connectivity index (χ1) is 6.79. The normalized spacial score (nSPS) is 12.7. The van der Waals surface area contributed by atoms with Gasteiger partial charge in [0.1, 0.15) is 12.7 Å². The standard InChI is InChI=1S/C9H11N5/c1-7(10)8-3-2-4-12-9(8)14-6-11-5-13-14/h2-7H,10H2,1H3/t7-/m1/s1. The first kappa shape index (κ1) is 8.83. The van der Waals surface area contributed by atoms with Crippen molar-refractivity contribution in [2.75, 3.05) is 0 Å². The fourth-order valence-electron chi connectivity index (χ4n) is 1.27. The van der Waals surface area contributed by atoms with Crippen LogP contribution in [0.5, 0.6) is 0 Å². The molecule has 0 spiro atoms. The van der Waals surface area contributed by atoms with Crippen LogP contribution in [0.4, 0.5) is 0 Å². The number of aromatic nitrogens is 4. The minimum atomic E-state index is -0.0668. The van der Waals surface area contributed by atoms with Gasteiger partial charge in [0.05, 0.1) is 0 Å². The van der Waals surface area contributed by atoms with E-state index in [1.54, 1.807) is 17.2 Å². The molecule has 2 aromatic heterocycles. The minimum absolute atomic E-state index is 0.0668. The lowest BCUT2D eigenvalue weighted by Crippen LogP contribution is -2.11. The van der Waals surface area contributed by atoms with Crippen molar-refractivity contribution in [3.05, 3.63) is 36.5 Å². The SMILES string of the molecule is C[C@@H](N)c1cccnc1-n1cncn1. The second-order valence-corrected chi connectivity index (χ2v) is 3.04. The van der Waals surface area contributed by atoms with Gasteiger partial charge in [-0.25, -0.2) is 14.6 Å². The van der Waals surface area contributed by atoms with E-state index in [1.165, 1.54) is 6.33 Å². The molecule has 0 aromatic carbocycles. The van der Waals surface area contributed by atoms with Gasteiger partial charge in [0.25, 0.3) is 0 Å². The molecule has 2 aromatic rings. The molecule has 0 aliphatic carbocycles. The molecule has 0 fully saturated rings. The third kappa shape index (κ3) is 1.49. The van der Waals surface area contributed by atoms with Crippen molar-refractivity contribution in [2.45, 2.75) is 13.0 Å². The monoisotopic (exact) mass is 189 g/mol. The Morgan fingerprint density at radius 3 is 3.00 bits per heavy atom. The Morgan fingerprint density at radius 2 is 2.36 bits per heavy atom. The predicted octanol–water partition coefficient (Wildman–Crippen LogP) is 0.682. The van der Waals surface area contributed by atoms with Crippen molar-refractivity contribution < 1.29 is 0 Å². The molecule has 14 heavy (non-hydrogen) atoms. The van der Waals surface area contributed by atoms with Crippen LogP contribution < -0.4 is 5.73 Å². The molecular weight excluding hydrogens is 178 g/mol. The average Bonchev–Trinajstić information content (AvgIpc) is 2.70. The summed E-state index contributed by atoms with van der Waals surface area (Å²) in [5, 5.41) is 4.02. The molecule has 0 aliphatic heterocycles. The Hall–Kier alpha value is -1.75. The van der Waals surface area contributed by atoms with Crippen molar-refractivity contribution in [3.63, 3.8) is 0 Å². The van der Waals surface area contributed by atoms with Crippen molar-refractivity contribution in [1.29, 1.82) is 0 Å². The highest BCUT2D eigenvalue weighted by Crippen LogP contribution is 2.15. The molecule has 5 nitrogen and oxygen atoms in total. The van der Waals surface area contributed by atoms with Crippen LogP contribution in [0.1, 0.15) is 18.5 Å². The minimum Gasteiger partial charge on any atom is -0.324 e. The summed E-state index contributed by atoms with van der Waals surface area (Å²) in [6, 6.07) is 3.73. The Bertz CT molecular complexity index is 407. The first-order valence-corrected chi connectivity index (χ1v) is 4.34. The zero-order valence-electron chi connectivity index (χ0n) is 7.83. The van der Waals surface area contributed by atoms with Crippen LogP contribution in [0.15, 0.2) is 31.0 Å². The number of hydrogen-bond acceptors (Lipinski definition) is 4. The molecule has 0 aliphatic rings. The van der Waals surface area contributed by atoms with Crippen LogP contribution in [0, 0.1) is 0 Å². The highest BCUT2D eigenvalue weighted by molar-refractivity contribution is 5.34. The van der Waals surface area contributed by atoms with E-state index >= 15 is 0 Å². The quantitative estimate of drug-likeness (QED) is 0.754. The fraction of sp³-hybridized carbons (Fsp3) is 0.222. The largest absolute Gasteiger partial charge is 0.324 e. The van der Waals surface area contributed by atoms with Crippen LogP contribution in [-0.2, 0) is 0 Å². The van der Waals surface area contributed by atoms with E-state index in [1.807, 2.05) is 19.1 Å². The molecule has 2 heterocycles. The van der Waals surface area contributed by atoms with Crippen molar-refractivity contribution in [3.8, 4) is 5.82 Å². The molecule has 72 valence electrons. The lowest BCUT2D eigenvalue weighted by atomic mass is 10.1. The summed E-state index contributed by atoms with van der Waals surface area (Å²) in [4.78, 5) is 8.09. The Labute approximate surface area is 81.6 Å². The molecule has 0 saturated carbocycles. The van der Waals surface area contributed by atoms with E-state index in [2.05, 4.69) is 15.1 Å². The molecule has 0 radical (unpaired) electrons. The zero-order chi connectivity index (χ0) is 9.97. The van der Waals surface area contributed by atoms with Gasteiger partial charge < -0.3 is 5.73 Å². The van der Waals surface area contributed by atoms with E-state index in [0.717, 1.165) is 11.4 Å². The molecule has 0 unspecified atom stereocenters. The highest BCUT2D eigenvalue weighted by Gasteiger charge is 2.09. The highest BCUT2D eigenvalue weighted by atomic mass is 15.3. The topological polar surface area (TPSA) is 69.6 Å². The maximum atomic E-state index is 5.82. The number of nitrogens with zero attached hydrogens (tertiary/aromatic N) is 4. The summed E-state index contributed by atoms with van der Waals surface area (Å²) in [6.07, 6.45) is 4.79. The van der Waals surface area contributed by atoms with E-state index < -0.39 is 0 Å². The van der Waals surface area contributed by atoms with Gasteiger partial charge in [-0.15, -0.1) is 0 Å². The Morgan fingerprint density at radius 1 is 1.50 bits per heavy atom. The first-order valence-electron chi connectivity index (χ1n) is 4.34. The second kappa shape index (κ2) is 3.55. The average molecular weight is 189 g/mol. The van der Waals surface area contributed by atoms with Gasteiger partial charge in [0.2, 0.25) is 0 Å². The third-order valence-electron chi connectivity index (χ3n) is 1.94. The van der Waals surface area contributed by atoms with E-state index in [4.69, 9.17) is 5.73 Å². The summed E-state index contributed by atoms with van der Waals surface area (Å²) in [5.41, 5.74) is 6.78. The van der Waals surface area contributed by atoms with Gasteiger partial charge in [-0.2, -0.15) is 5.10 Å². The number of hydrogen-bond donors (Lipinski definition) is 1. The van der Waals surface area contributed by atoms with Crippen LogP contribution >= 0.6 is 0 Å². The van der Waals surface area contributed by atoms with Gasteiger partial charge in [-0.3, -0.25) is 0 Å². The second-order valence-electron chi connectivity index (χ2n) is 3.04. The predicted molar refractivity (Wildman–Crippen MR) is 51.8 cm³/mol. The molecule has 2 N–H and O–H groups in total. The summed E-state index contributed by atoms with van der Waals surface area (Å²) < 4.78 is 1.61. The molecule has 0 saturated heterocycles. The van der Waals surface area contributed by atoms with Crippen LogP contribution in [0.2, 0.25) is 0 Å². The summed E-state index contributed by atoms with van der Waals surface area (Å²) in [6.45, 7) is 1.91. The molecule has 1 atom stereocenters. The molecule has 2 rings (SSSR count). The van der Waals surface area contributed by atoms with Crippen molar-refractivity contribution >= 4 is 0 Å². The molecule has 5 heteroatoms. The van der Waals surface area contributed by atoms with E-state index in [9.17, 15) is 0 Å². The lowest BCUT2D eigenvalue weighted by Gasteiger charge is -2.09. The van der Waals surface area contributed by atoms with Crippen molar-refractivity contribution in [2.24, 2.45) is 5.73 Å². The Kier molecular flexibility index (Phi) is 2.24. The van der Waals surface area contributed by atoms with Crippen molar-refractivity contribution in [1.82, 2.24) is 19.7 Å². The van der Waals surface area contributed by atoms with Gasteiger partial charge in [-0.05, 0) is 13.0 Å². The van der Waals surface area contributed by atoms with Gasteiger partial charge in [-0.1, -0.05) is 6.07 Å². The summed E-state index contributed by atoms with van der Waals surface area (Å²) >= 11 is 0. The Balaban J connectivity index is 2.53. The van der Waals surface area contributed by atoms with E-state index in [-0.39, 0.29) is 6.04 Å². The number of rotatable bonds is 2. The van der Waals surface area contributed by atoms with Gasteiger partial charge in [0, 0.05) is 17.8 Å². The van der Waals surface area contributed by atoms with Gasteiger partial charge >= 0.3 is 0 Å². The number of pyridine rings is 1. The van der Waals surface area contributed by atoms with Crippen LogP contribution in [0.25, 0.3) is 5.82 Å². The summed E-state index contributed by atoms with van der Waals surface area (Å²) in [7, 11) is 0. The molecular formula is C9H11N5. The summed E-state index contributed by atoms with van der Waals surface area (Å²) in [5.74, 6) is 0.736. The van der Waals surface area contributed by atoms with Gasteiger partial charge in [0.15, 0.2) is 5.82 Å². The zero-order valence-corrected chi connectivity index (χ0v) is 7.83. The van der Waals surface area contributed by atoms with Crippen LogP contribution in [-0.4, -0.2) is 19.7 Å². The fourth-order valence-corrected chi connectivity index (χ4v) is 1.27. The van der Waals surface area contributed by atoms with E-state index in [0.29, 0.717) is 0 Å². The maximum Gasteiger partial charge on any atom is 0.159 e. The molecule has 0 bridgehead atoms. The smallest absolute Gasteiger partial charge is 0.159 e.